The van der Waals surface area contributed by atoms with Gasteiger partial charge in [-0.25, -0.2) is 14.8 Å². The molecule has 0 saturated carbocycles. The van der Waals surface area contributed by atoms with Crippen LogP contribution in [-0.2, 0) is 19.3 Å². The summed E-state index contributed by atoms with van der Waals surface area (Å²) in [5.74, 6) is 1.84. The number of aryl methyl sites for hydroxylation is 2. The number of rotatable bonds is 10. The van der Waals surface area contributed by atoms with E-state index >= 15 is 0 Å². The summed E-state index contributed by atoms with van der Waals surface area (Å²) in [6.07, 6.45) is 5.63. The first-order valence-corrected chi connectivity index (χ1v) is 12.2. The fourth-order valence-corrected chi connectivity index (χ4v) is 4.76. The molecule has 0 bridgehead atoms. The number of ether oxygens (including phenoxy) is 3. The van der Waals surface area contributed by atoms with Crippen LogP contribution in [0, 0.1) is 5.92 Å². The average molecular weight is 492 g/mol. The standard InChI is InChI=1S/C28H33N3O5/c1-34-24-16-21(17-25(35-2)26(24)36-3)9-10-23-22(27(32)33)18-29-28(30-23)31-13-11-20(12-14-31)15-19-7-5-4-6-8-19/h4-8,16-18,20H,9-15H2,1-3H3,(H,32,33). The molecule has 0 unspecified atom stereocenters. The molecule has 0 aliphatic carbocycles. The molecule has 8 heteroatoms. The maximum Gasteiger partial charge on any atom is 0.339 e. The van der Waals surface area contributed by atoms with Crippen molar-refractivity contribution in [2.45, 2.75) is 32.1 Å². The third-order valence-electron chi connectivity index (χ3n) is 6.72. The van der Waals surface area contributed by atoms with E-state index in [1.54, 1.807) is 21.3 Å². The van der Waals surface area contributed by atoms with Gasteiger partial charge in [0.15, 0.2) is 11.5 Å². The maximum atomic E-state index is 11.9. The Labute approximate surface area is 211 Å². The van der Waals surface area contributed by atoms with Crippen LogP contribution in [-0.4, -0.2) is 55.5 Å². The Balaban J connectivity index is 1.47. The lowest BCUT2D eigenvalue weighted by Crippen LogP contribution is -2.35. The van der Waals surface area contributed by atoms with E-state index in [0.717, 1.165) is 37.9 Å². The Kier molecular flexibility index (Phi) is 8.25. The number of aromatic carboxylic acids is 1. The number of carboxylic acid groups (broad SMARTS) is 1. The highest BCUT2D eigenvalue weighted by atomic mass is 16.5. The van der Waals surface area contributed by atoms with Crippen molar-refractivity contribution in [2.24, 2.45) is 5.92 Å². The number of piperidine rings is 1. The van der Waals surface area contributed by atoms with Crippen LogP contribution in [0.1, 0.15) is 40.0 Å². The molecule has 0 amide bonds. The second-order valence-corrected chi connectivity index (χ2v) is 8.99. The molecule has 8 nitrogen and oxygen atoms in total. The number of anilines is 1. The molecule has 1 aliphatic heterocycles. The van der Waals surface area contributed by atoms with E-state index in [0.29, 0.717) is 47.7 Å². The van der Waals surface area contributed by atoms with Gasteiger partial charge < -0.3 is 24.2 Å². The van der Waals surface area contributed by atoms with Crippen molar-refractivity contribution in [1.29, 1.82) is 0 Å². The van der Waals surface area contributed by atoms with E-state index in [1.807, 2.05) is 18.2 Å². The monoisotopic (exact) mass is 491 g/mol. The van der Waals surface area contributed by atoms with Crippen molar-refractivity contribution in [3.05, 3.63) is 71.0 Å². The maximum absolute atomic E-state index is 11.9. The highest BCUT2D eigenvalue weighted by Gasteiger charge is 2.23. The van der Waals surface area contributed by atoms with Gasteiger partial charge in [-0.2, -0.15) is 0 Å². The Morgan fingerprint density at radius 1 is 0.972 bits per heavy atom. The van der Waals surface area contributed by atoms with Gasteiger partial charge in [0.1, 0.15) is 0 Å². The fraction of sp³-hybridized carbons (Fsp3) is 0.393. The number of hydrogen-bond acceptors (Lipinski definition) is 7. The van der Waals surface area contributed by atoms with Gasteiger partial charge in [0, 0.05) is 19.3 Å². The van der Waals surface area contributed by atoms with E-state index < -0.39 is 5.97 Å². The highest BCUT2D eigenvalue weighted by molar-refractivity contribution is 5.88. The van der Waals surface area contributed by atoms with Crippen LogP contribution in [0.5, 0.6) is 17.2 Å². The zero-order valence-corrected chi connectivity index (χ0v) is 21.1. The summed E-state index contributed by atoms with van der Waals surface area (Å²) in [4.78, 5) is 23.1. The van der Waals surface area contributed by atoms with Crippen LogP contribution in [0.2, 0.25) is 0 Å². The van der Waals surface area contributed by atoms with Crippen LogP contribution < -0.4 is 19.1 Å². The molecule has 0 atom stereocenters. The zero-order valence-electron chi connectivity index (χ0n) is 21.1. The van der Waals surface area contributed by atoms with Gasteiger partial charge in [-0.05, 0) is 61.3 Å². The molecule has 2 aromatic carbocycles. The molecule has 2 heterocycles. The molecule has 190 valence electrons. The van der Waals surface area contributed by atoms with Crippen molar-refractivity contribution < 1.29 is 24.1 Å². The van der Waals surface area contributed by atoms with Gasteiger partial charge in [0.05, 0.1) is 32.6 Å². The highest BCUT2D eigenvalue weighted by Crippen LogP contribution is 2.38. The quantitative estimate of drug-likeness (QED) is 0.445. The molecule has 4 rings (SSSR count). The summed E-state index contributed by atoms with van der Waals surface area (Å²) in [5.41, 5.74) is 2.95. The van der Waals surface area contributed by atoms with Crippen LogP contribution in [0.4, 0.5) is 5.95 Å². The Bertz CT molecular complexity index is 1150. The molecule has 1 aromatic heterocycles. The molecule has 3 aromatic rings. The first kappa shape index (κ1) is 25.3. The predicted molar refractivity (Wildman–Crippen MR) is 138 cm³/mol. The summed E-state index contributed by atoms with van der Waals surface area (Å²) in [6, 6.07) is 14.3. The predicted octanol–water partition coefficient (Wildman–Crippen LogP) is 4.44. The first-order chi connectivity index (χ1) is 17.5. The lowest BCUT2D eigenvalue weighted by atomic mass is 9.90. The largest absolute Gasteiger partial charge is 0.493 e. The van der Waals surface area contributed by atoms with Crippen LogP contribution in [0.25, 0.3) is 0 Å². The number of methoxy groups -OCH3 is 3. The van der Waals surface area contributed by atoms with Crippen molar-refractivity contribution in [3.63, 3.8) is 0 Å². The fourth-order valence-electron chi connectivity index (χ4n) is 4.76. The van der Waals surface area contributed by atoms with Gasteiger partial charge in [-0.1, -0.05) is 30.3 Å². The zero-order chi connectivity index (χ0) is 25.5. The van der Waals surface area contributed by atoms with E-state index in [-0.39, 0.29) is 5.56 Å². The number of benzene rings is 2. The van der Waals surface area contributed by atoms with Crippen LogP contribution in [0.3, 0.4) is 0 Å². The summed E-state index contributed by atoms with van der Waals surface area (Å²) in [7, 11) is 4.71. The van der Waals surface area contributed by atoms with Crippen LogP contribution in [0.15, 0.2) is 48.7 Å². The third-order valence-corrected chi connectivity index (χ3v) is 6.72. The molecule has 1 fully saturated rings. The molecule has 1 aliphatic rings. The van der Waals surface area contributed by atoms with Gasteiger partial charge >= 0.3 is 5.97 Å². The smallest absolute Gasteiger partial charge is 0.339 e. The number of aromatic nitrogens is 2. The van der Waals surface area contributed by atoms with E-state index in [9.17, 15) is 9.90 Å². The summed E-state index contributed by atoms with van der Waals surface area (Å²) in [5, 5.41) is 9.72. The van der Waals surface area contributed by atoms with E-state index in [4.69, 9.17) is 19.2 Å². The summed E-state index contributed by atoms with van der Waals surface area (Å²) in [6.45, 7) is 1.71. The Hall–Kier alpha value is -3.81. The Morgan fingerprint density at radius 2 is 1.64 bits per heavy atom. The SMILES string of the molecule is COc1cc(CCc2nc(N3CCC(Cc4ccccc4)CC3)ncc2C(=O)O)cc(OC)c1OC. The molecule has 36 heavy (non-hydrogen) atoms. The molecular weight excluding hydrogens is 458 g/mol. The van der Waals surface area contributed by atoms with Crippen molar-refractivity contribution in [3.8, 4) is 17.2 Å². The van der Waals surface area contributed by atoms with Gasteiger partial charge in [-0.15, -0.1) is 0 Å². The second-order valence-electron chi connectivity index (χ2n) is 8.99. The van der Waals surface area contributed by atoms with E-state index in [2.05, 4.69) is 34.1 Å². The average Bonchev–Trinajstić information content (AvgIpc) is 2.92. The normalized spacial score (nSPS) is 13.9. The second kappa shape index (κ2) is 11.7. The minimum absolute atomic E-state index is 0.130. The van der Waals surface area contributed by atoms with Crippen molar-refractivity contribution in [1.82, 2.24) is 9.97 Å². The van der Waals surface area contributed by atoms with Crippen molar-refractivity contribution >= 4 is 11.9 Å². The number of carbonyl (C=O) groups is 1. The molecule has 1 N–H and O–H groups in total. The summed E-state index contributed by atoms with van der Waals surface area (Å²) >= 11 is 0. The van der Waals surface area contributed by atoms with E-state index in [1.165, 1.54) is 11.8 Å². The Morgan fingerprint density at radius 3 is 2.22 bits per heavy atom. The molecule has 1 saturated heterocycles. The van der Waals surface area contributed by atoms with Crippen molar-refractivity contribution in [2.75, 3.05) is 39.3 Å². The molecule has 0 radical (unpaired) electrons. The minimum atomic E-state index is -1.02. The lowest BCUT2D eigenvalue weighted by Gasteiger charge is -2.32. The first-order valence-electron chi connectivity index (χ1n) is 12.2. The van der Waals surface area contributed by atoms with Gasteiger partial charge in [0.25, 0.3) is 0 Å². The topological polar surface area (TPSA) is 94.0 Å². The molecule has 0 spiro atoms. The minimum Gasteiger partial charge on any atom is -0.493 e. The number of carboxylic acids is 1. The summed E-state index contributed by atoms with van der Waals surface area (Å²) < 4.78 is 16.3. The van der Waals surface area contributed by atoms with Crippen LogP contribution >= 0.6 is 0 Å². The lowest BCUT2D eigenvalue weighted by molar-refractivity contribution is 0.0694. The van der Waals surface area contributed by atoms with Gasteiger partial charge in [-0.3, -0.25) is 0 Å². The number of hydrogen-bond donors (Lipinski definition) is 1. The molecular formula is C28H33N3O5. The third kappa shape index (κ3) is 5.87. The van der Waals surface area contributed by atoms with Gasteiger partial charge in [0.2, 0.25) is 11.7 Å². The number of nitrogens with zero attached hydrogens (tertiary/aromatic N) is 3.